The predicted molar refractivity (Wildman–Crippen MR) is 107 cm³/mol. The summed E-state index contributed by atoms with van der Waals surface area (Å²) in [6.07, 6.45) is -0.350. The molecule has 0 aliphatic rings. The van der Waals surface area contributed by atoms with Crippen LogP contribution in [0.15, 0.2) is 45.6 Å². The minimum atomic E-state index is -0.619. The minimum Gasteiger partial charge on any atom is -0.422 e. The van der Waals surface area contributed by atoms with Crippen LogP contribution >= 0.6 is 12.1 Å². The van der Waals surface area contributed by atoms with Gasteiger partial charge in [-0.05, 0) is 42.3 Å². The molecule has 0 radical (unpaired) electrons. The molecular formula is C19H18FN3O4S. The van der Waals surface area contributed by atoms with Gasteiger partial charge in [0.25, 0.3) is 0 Å². The Hall–Kier alpha value is -3.04. The van der Waals surface area contributed by atoms with E-state index in [9.17, 15) is 14.0 Å². The van der Waals surface area contributed by atoms with Gasteiger partial charge >= 0.3 is 11.7 Å². The smallest absolute Gasteiger partial charge is 0.412 e. The molecule has 4 N–H and O–H groups in total. The summed E-state index contributed by atoms with van der Waals surface area (Å²) in [5.74, 6) is -0.178. The fourth-order valence-electron chi connectivity index (χ4n) is 2.83. The summed E-state index contributed by atoms with van der Waals surface area (Å²) in [7, 11) is 1.45. The van der Waals surface area contributed by atoms with E-state index < -0.39 is 17.5 Å². The Kier molecular flexibility index (Phi) is 5.86. The summed E-state index contributed by atoms with van der Waals surface area (Å²) >= 11 is 0.789. The monoisotopic (exact) mass is 403 g/mol. The van der Waals surface area contributed by atoms with Crippen LogP contribution in [0, 0.1) is 12.7 Å². The Balaban J connectivity index is 1.98. The molecule has 1 heterocycles. The molecule has 9 heteroatoms. The van der Waals surface area contributed by atoms with E-state index in [4.69, 9.17) is 14.3 Å². The third-order valence-electron chi connectivity index (χ3n) is 4.25. The standard InChI is InChI=1S/C19H18FN3O4S/c1-10-13-5-4-12(26-19(25)22-2)9-17(13)27-18(24)14(10)7-11-3-6-15(20)16(8-11)23-28-21/h3-6,8-9,23H,7,21H2,1-2H3,(H,22,25). The number of hydrogen-bond acceptors (Lipinski definition) is 7. The van der Waals surface area contributed by atoms with Crippen LogP contribution in [-0.4, -0.2) is 13.1 Å². The molecule has 0 atom stereocenters. The van der Waals surface area contributed by atoms with Gasteiger partial charge < -0.3 is 19.2 Å². The average Bonchev–Trinajstić information content (AvgIpc) is 2.67. The molecule has 3 aromatic rings. The van der Waals surface area contributed by atoms with Crippen LogP contribution in [0.4, 0.5) is 14.9 Å². The summed E-state index contributed by atoms with van der Waals surface area (Å²) in [5.41, 5.74) is 1.98. The first kappa shape index (κ1) is 19.7. The second kappa shape index (κ2) is 8.32. The number of hydrogen-bond donors (Lipinski definition) is 3. The third-order valence-corrected chi connectivity index (χ3v) is 4.59. The van der Waals surface area contributed by atoms with Gasteiger partial charge in [-0.2, -0.15) is 0 Å². The van der Waals surface area contributed by atoms with E-state index in [1.807, 2.05) is 6.92 Å². The van der Waals surface area contributed by atoms with E-state index in [1.54, 1.807) is 24.3 Å². The number of aryl methyl sites for hydroxylation is 1. The fourth-order valence-corrected chi connectivity index (χ4v) is 3.11. The second-order valence-corrected chi connectivity index (χ2v) is 6.44. The van der Waals surface area contributed by atoms with Crippen molar-refractivity contribution < 1.29 is 18.3 Å². The molecule has 7 nitrogen and oxygen atoms in total. The van der Waals surface area contributed by atoms with Crippen LogP contribution < -0.4 is 25.5 Å². The van der Waals surface area contributed by atoms with Crippen LogP contribution in [0.2, 0.25) is 0 Å². The molecular weight excluding hydrogens is 385 g/mol. The van der Waals surface area contributed by atoms with Gasteiger partial charge in [-0.15, -0.1) is 0 Å². The molecule has 0 aliphatic carbocycles. The van der Waals surface area contributed by atoms with Gasteiger partial charge in [0.15, 0.2) is 0 Å². The highest BCUT2D eigenvalue weighted by Crippen LogP contribution is 2.26. The van der Waals surface area contributed by atoms with Gasteiger partial charge in [-0.3, -0.25) is 5.14 Å². The number of ether oxygens (including phenoxy) is 1. The highest BCUT2D eigenvalue weighted by atomic mass is 32.2. The Morgan fingerprint density at radius 2 is 2.07 bits per heavy atom. The number of anilines is 1. The largest absolute Gasteiger partial charge is 0.422 e. The van der Waals surface area contributed by atoms with Crippen molar-refractivity contribution in [3.63, 3.8) is 0 Å². The van der Waals surface area contributed by atoms with Gasteiger partial charge in [-0.25, -0.2) is 14.0 Å². The number of nitrogens with one attached hydrogen (secondary N) is 2. The number of amides is 1. The molecule has 1 aromatic heterocycles. The lowest BCUT2D eigenvalue weighted by Crippen LogP contribution is -2.22. The number of carbonyl (C=O) groups excluding carboxylic acids is 1. The van der Waals surface area contributed by atoms with Gasteiger partial charge in [0.2, 0.25) is 0 Å². The Morgan fingerprint density at radius 1 is 1.29 bits per heavy atom. The Bertz CT molecular complexity index is 1100. The average molecular weight is 403 g/mol. The molecule has 1 amide bonds. The third kappa shape index (κ3) is 4.10. The summed E-state index contributed by atoms with van der Waals surface area (Å²) in [6, 6.07) is 9.34. The van der Waals surface area contributed by atoms with Gasteiger partial charge in [0.1, 0.15) is 17.1 Å². The maximum atomic E-state index is 13.8. The van der Waals surface area contributed by atoms with Crippen molar-refractivity contribution in [2.45, 2.75) is 13.3 Å². The van der Waals surface area contributed by atoms with Gasteiger partial charge in [-0.1, -0.05) is 6.07 Å². The van der Waals surface area contributed by atoms with Crippen molar-refractivity contribution in [1.29, 1.82) is 0 Å². The van der Waals surface area contributed by atoms with Crippen LogP contribution in [0.25, 0.3) is 11.0 Å². The van der Waals surface area contributed by atoms with Crippen LogP contribution in [0.1, 0.15) is 16.7 Å². The molecule has 28 heavy (non-hydrogen) atoms. The number of fused-ring (bicyclic) bond motifs is 1. The zero-order chi connectivity index (χ0) is 20.3. The highest BCUT2D eigenvalue weighted by molar-refractivity contribution is 7.98. The predicted octanol–water partition coefficient (Wildman–Crippen LogP) is 3.48. The van der Waals surface area contributed by atoms with Crippen LogP contribution in [0.5, 0.6) is 5.75 Å². The molecule has 146 valence electrons. The van der Waals surface area contributed by atoms with Gasteiger partial charge in [0, 0.05) is 42.6 Å². The molecule has 0 aliphatic heterocycles. The van der Waals surface area contributed by atoms with E-state index in [0.717, 1.165) is 28.6 Å². The van der Waals surface area contributed by atoms with Crippen LogP contribution in [0.3, 0.4) is 0 Å². The zero-order valence-corrected chi connectivity index (χ0v) is 16.0. The van der Waals surface area contributed by atoms with E-state index in [1.165, 1.54) is 19.2 Å². The SMILES string of the molecule is CNC(=O)Oc1ccc2c(C)c(Cc3ccc(F)c(NSN)c3)c(=O)oc2c1. The summed E-state index contributed by atoms with van der Waals surface area (Å²) in [4.78, 5) is 23.9. The van der Waals surface area contributed by atoms with Crippen molar-refractivity contribution in [3.05, 3.63) is 69.3 Å². The highest BCUT2D eigenvalue weighted by Gasteiger charge is 2.14. The van der Waals surface area contributed by atoms with E-state index in [-0.39, 0.29) is 17.9 Å². The number of rotatable bonds is 5. The van der Waals surface area contributed by atoms with Gasteiger partial charge in [0.05, 0.1) is 5.69 Å². The lowest BCUT2D eigenvalue weighted by atomic mass is 9.99. The molecule has 0 fully saturated rings. The molecule has 0 saturated heterocycles. The van der Waals surface area contributed by atoms with Crippen molar-refractivity contribution >= 4 is 34.9 Å². The van der Waals surface area contributed by atoms with E-state index in [2.05, 4.69) is 10.0 Å². The Morgan fingerprint density at radius 3 is 2.79 bits per heavy atom. The van der Waals surface area contributed by atoms with Crippen molar-refractivity contribution in [2.75, 3.05) is 11.8 Å². The summed E-state index contributed by atoms with van der Waals surface area (Å²) in [6.45, 7) is 1.81. The lowest BCUT2D eigenvalue weighted by molar-refractivity contribution is 0.203. The quantitative estimate of drug-likeness (QED) is 0.442. The first-order chi connectivity index (χ1) is 13.4. The van der Waals surface area contributed by atoms with Crippen molar-refractivity contribution in [2.24, 2.45) is 5.14 Å². The molecule has 0 unspecified atom stereocenters. The summed E-state index contributed by atoms with van der Waals surface area (Å²) < 4.78 is 26.9. The van der Waals surface area contributed by atoms with E-state index >= 15 is 0 Å². The lowest BCUT2D eigenvalue weighted by Gasteiger charge is -2.11. The zero-order valence-electron chi connectivity index (χ0n) is 15.2. The molecule has 3 rings (SSSR count). The molecule has 0 spiro atoms. The molecule has 2 aromatic carbocycles. The first-order valence-corrected chi connectivity index (χ1v) is 9.17. The Labute approximate surface area is 164 Å². The van der Waals surface area contributed by atoms with Crippen LogP contribution in [-0.2, 0) is 6.42 Å². The molecule has 0 bridgehead atoms. The minimum absolute atomic E-state index is 0.240. The molecule has 0 saturated carbocycles. The van der Waals surface area contributed by atoms with Crippen molar-refractivity contribution in [3.8, 4) is 5.75 Å². The normalized spacial score (nSPS) is 10.7. The number of carbonyl (C=O) groups is 1. The summed E-state index contributed by atoms with van der Waals surface area (Å²) in [5, 5.41) is 8.40. The topological polar surface area (TPSA) is 107 Å². The first-order valence-electron chi connectivity index (χ1n) is 8.29. The second-order valence-electron chi connectivity index (χ2n) is 6.00. The van der Waals surface area contributed by atoms with E-state index in [0.29, 0.717) is 11.1 Å². The fraction of sp³-hybridized carbons (Fsp3) is 0.158. The van der Waals surface area contributed by atoms with Crippen molar-refractivity contribution in [1.82, 2.24) is 5.32 Å². The number of benzene rings is 2. The number of halogens is 1. The maximum absolute atomic E-state index is 13.8. The number of nitrogens with two attached hydrogens (primary N) is 1. The maximum Gasteiger partial charge on any atom is 0.412 e.